The smallest absolute Gasteiger partial charge is 0.338 e. The van der Waals surface area contributed by atoms with Crippen LogP contribution in [0.5, 0.6) is 5.75 Å². The van der Waals surface area contributed by atoms with Crippen molar-refractivity contribution in [1.29, 1.82) is 0 Å². The van der Waals surface area contributed by atoms with Gasteiger partial charge >= 0.3 is 5.97 Å². The fourth-order valence-corrected chi connectivity index (χ4v) is 2.56. The predicted octanol–water partition coefficient (Wildman–Crippen LogP) is 4.26. The van der Waals surface area contributed by atoms with Gasteiger partial charge in [0.1, 0.15) is 11.6 Å². The molecule has 0 aliphatic carbocycles. The summed E-state index contributed by atoms with van der Waals surface area (Å²) in [6.45, 7) is 2.10. The molecular weight excluding hydrogens is 370 g/mol. The zero-order valence-corrected chi connectivity index (χ0v) is 16.1. The summed E-state index contributed by atoms with van der Waals surface area (Å²) in [6, 6.07) is 17.3. The Morgan fingerprint density at radius 2 is 1.72 bits per heavy atom. The topological polar surface area (TPSA) is 89.6 Å². The molecule has 1 amide bonds. The highest BCUT2D eigenvalue weighted by atomic mass is 16.5. The Balaban J connectivity index is 1.61. The summed E-state index contributed by atoms with van der Waals surface area (Å²) in [5.41, 5.74) is 2.33. The second-order valence-electron chi connectivity index (χ2n) is 6.04. The molecule has 2 aromatic carbocycles. The first-order valence-corrected chi connectivity index (χ1v) is 9.04. The van der Waals surface area contributed by atoms with Gasteiger partial charge in [-0.15, -0.1) is 0 Å². The SMILES string of the molecule is CCOC(=O)c1ccc(Nc2ccc(NC(=O)c3cccc(OC)c3)cn2)cc1. The van der Waals surface area contributed by atoms with E-state index < -0.39 is 0 Å². The third-order valence-corrected chi connectivity index (χ3v) is 4.02. The van der Waals surface area contributed by atoms with Crippen LogP contribution >= 0.6 is 0 Å². The number of aromatic nitrogens is 1. The minimum Gasteiger partial charge on any atom is -0.497 e. The molecular formula is C22H21N3O4. The van der Waals surface area contributed by atoms with Crippen molar-refractivity contribution in [2.75, 3.05) is 24.4 Å². The second kappa shape index (κ2) is 9.36. The predicted molar refractivity (Wildman–Crippen MR) is 111 cm³/mol. The molecule has 0 atom stereocenters. The summed E-state index contributed by atoms with van der Waals surface area (Å²) in [6.07, 6.45) is 1.56. The normalized spacial score (nSPS) is 10.1. The van der Waals surface area contributed by atoms with Crippen LogP contribution in [0.2, 0.25) is 0 Å². The molecule has 3 rings (SSSR count). The van der Waals surface area contributed by atoms with E-state index in [2.05, 4.69) is 15.6 Å². The number of hydrogen-bond donors (Lipinski definition) is 2. The van der Waals surface area contributed by atoms with Crippen LogP contribution in [0, 0.1) is 0 Å². The largest absolute Gasteiger partial charge is 0.497 e. The first-order valence-electron chi connectivity index (χ1n) is 9.04. The Bertz CT molecular complexity index is 986. The van der Waals surface area contributed by atoms with Gasteiger partial charge in [0.25, 0.3) is 5.91 Å². The van der Waals surface area contributed by atoms with Crippen molar-refractivity contribution in [3.63, 3.8) is 0 Å². The minimum atomic E-state index is -0.353. The van der Waals surface area contributed by atoms with E-state index >= 15 is 0 Å². The van der Waals surface area contributed by atoms with Crippen molar-refractivity contribution in [3.05, 3.63) is 78.0 Å². The molecule has 0 aliphatic rings. The Morgan fingerprint density at radius 3 is 2.38 bits per heavy atom. The summed E-state index contributed by atoms with van der Waals surface area (Å²) < 4.78 is 10.1. The van der Waals surface area contributed by atoms with E-state index in [1.165, 1.54) is 0 Å². The Labute approximate surface area is 168 Å². The van der Waals surface area contributed by atoms with Gasteiger partial charge in [-0.05, 0) is 61.5 Å². The van der Waals surface area contributed by atoms with Gasteiger partial charge in [0.05, 0.1) is 31.2 Å². The van der Waals surface area contributed by atoms with Crippen molar-refractivity contribution in [2.45, 2.75) is 6.92 Å². The van der Waals surface area contributed by atoms with Gasteiger partial charge in [0, 0.05) is 11.3 Å². The molecule has 3 aromatic rings. The summed E-state index contributed by atoms with van der Waals surface area (Å²) in [5.74, 6) is 0.617. The maximum absolute atomic E-state index is 12.3. The first-order chi connectivity index (χ1) is 14.1. The standard InChI is InChI=1S/C22H21N3O4/c1-3-29-22(27)15-7-9-17(10-8-15)24-20-12-11-18(14-23-20)25-21(26)16-5-4-6-19(13-16)28-2/h4-14H,3H2,1-2H3,(H,23,24)(H,25,26). The van der Waals surface area contributed by atoms with Gasteiger partial charge in [-0.25, -0.2) is 9.78 Å². The highest BCUT2D eigenvalue weighted by Gasteiger charge is 2.08. The van der Waals surface area contributed by atoms with Crippen molar-refractivity contribution >= 4 is 29.1 Å². The lowest BCUT2D eigenvalue weighted by Crippen LogP contribution is -2.12. The molecule has 0 bridgehead atoms. The number of benzene rings is 2. The van der Waals surface area contributed by atoms with Crippen LogP contribution in [0.25, 0.3) is 0 Å². The third-order valence-electron chi connectivity index (χ3n) is 4.02. The van der Waals surface area contributed by atoms with Crippen LogP contribution in [0.15, 0.2) is 66.9 Å². The van der Waals surface area contributed by atoms with E-state index in [0.29, 0.717) is 35.0 Å². The summed E-state index contributed by atoms with van der Waals surface area (Å²) in [5, 5.41) is 5.93. The highest BCUT2D eigenvalue weighted by Crippen LogP contribution is 2.18. The van der Waals surface area contributed by atoms with E-state index in [9.17, 15) is 9.59 Å². The molecule has 0 fully saturated rings. The van der Waals surface area contributed by atoms with Crippen LogP contribution in [0.3, 0.4) is 0 Å². The molecule has 0 unspecified atom stereocenters. The fourth-order valence-electron chi connectivity index (χ4n) is 2.56. The quantitative estimate of drug-likeness (QED) is 0.585. The average molecular weight is 391 g/mol. The zero-order valence-electron chi connectivity index (χ0n) is 16.1. The van der Waals surface area contributed by atoms with Crippen LogP contribution in [0.1, 0.15) is 27.6 Å². The molecule has 0 spiro atoms. The number of hydrogen-bond acceptors (Lipinski definition) is 6. The van der Waals surface area contributed by atoms with Gasteiger partial charge in [-0.3, -0.25) is 4.79 Å². The number of rotatable bonds is 7. The van der Waals surface area contributed by atoms with Gasteiger partial charge in [-0.2, -0.15) is 0 Å². The Hall–Kier alpha value is -3.87. The molecule has 0 saturated heterocycles. The number of methoxy groups -OCH3 is 1. The number of esters is 1. The number of carbonyl (C=O) groups excluding carboxylic acids is 2. The van der Waals surface area contributed by atoms with E-state index in [0.717, 1.165) is 5.69 Å². The molecule has 7 heteroatoms. The van der Waals surface area contributed by atoms with Gasteiger partial charge in [0.15, 0.2) is 0 Å². The average Bonchev–Trinajstić information content (AvgIpc) is 2.76. The number of ether oxygens (including phenoxy) is 2. The summed E-state index contributed by atoms with van der Waals surface area (Å²) >= 11 is 0. The highest BCUT2D eigenvalue weighted by molar-refractivity contribution is 6.04. The monoisotopic (exact) mass is 391 g/mol. The number of carbonyl (C=O) groups is 2. The van der Waals surface area contributed by atoms with E-state index in [-0.39, 0.29) is 11.9 Å². The fraction of sp³-hybridized carbons (Fsp3) is 0.136. The molecule has 0 saturated carbocycles. The van der Waals surface area contributed by atoms with E-state index in [1.807, 2.05) is 0 Å². The molecule has 1 aromatic heterocycles. The lowest BCUT2D eigenvalue weighted by molar-refractivity contribution is 0.0526. The van der Waals surface area contributed by atoms with Gasteiger partial charge in [0.2, 0.25) is 0 Å². The number of nitrogens with one attached hydrogen (secondary N) is 2. The van der Waals surface area contributed by atoms with Crippen LogP contribution in [-0.2, 0) is 4.74 Å². The van der Waals surface area contributed by atoms with Crippen molar-refractivity contribution in [2.24, 2.45) is 0 Å². The molecule has 0 radical (unpaired) electrons. The Morgan fingerprint density at radius 1 is 0.966 bits per heavy atom. The molecule has 0 aliphatic heterocycles. The zero-order chi connectivity index (χ0) is 20.6. The van der Waals surface area contributed by atoms with Gasteiger partial charge < -0.3 is 20.1 Å². The number of pyridine rings is 1. The first kappa shape index (κ1) is 19.9. The minimum absolute atomic E-state index is 0.249. The lowest BCUT2D eigenvalue weighted by Gasteiger charge is -2.09. The summed E-state index contributed by atoms with van der Waals surface area (Å²) in [4.78, 5) is 28.3. The molecule has 2 N–H and O–H groups in total. The maximum Gasteiger partial charge on any atom is 0.338 e. The van der Waals surface area contributed by atoms with Crippen molar-refractivity contribution in [3.8, 4) is 5.75 Å². The molecule has 1 heterocycles. The van der Waals surface area contributed by atoms with Crippen molar-refractivity contribution < 1.29 is 19.1 Å². The van der Waals surface area contributed by atoms with Gasteiger partial charge in [-0.1, -0.05) is 6.07 Å². The third kappa shape index (κ3) is 5.32. The van der Waals surface area contributed by atoms with E-state index in [1.54, 1.807) is 80.9 Å². The van der Waals surface area contributed by atoms with Crippen molar-refractivity contribution in [1.82, 2.24) is 4.98 Å². The lowest BCUT2D eigenvalue weighted by atomic mass is 10.2. The maximum atomic E-state index is 12.3. The van der Waals surface area contributed by atoms with Crippen LogP contribution in [-0.4, -0.2) is 30.6 Å². The Kier molecular flexibility index (Phi) is 6.42. The molecule has 148 valence electrons. The molecule has 7 nitrogen and oxygen atoms in total. The van der Waals surface area contributed by atoms with Crippen LogP contribution < -0.4 is 15.4 Å². The number of anilines is 3. The summed E-state index contributed by atoms with van der Waals surface area (Å²) in [7, 11) is 1.55. The second-order valence-corrected chi connectivity index (χ2v) is 6.04. The molecule has 29 heavy (non-hydrogen) atoms. The van der Waals surface area contributed by atoms with Crippen LogP contribution in [0.4, 0.5) is 17.2 Å². The van der Waals surface area contributed by atoms with E-state index in [4.69, 9.17) is 9.47 Å². The number of nitrogens with zero attached hydrogens (tertiary/aromatic N) is 1. The number of amides is 1.